The minimum Gasteiger partial charge on any atom is -0.478 e. The van der Waals surface area contributed by atoms with Gasteiger partial charge in [0.05, 0.1) is 5.56 Å². The molecular weight excluding hydrogens is 268 g/mol. The molecule has 0 aromatic heterocycles. The fourth-order valence-corrected chi connectivity index (χ4v) is 3.09. The van der Waals surface area contributed by atoms with Crippen LogP contribution in [0.3, 0.4) is 0 Å². The number of carbonyl (C=O) groups excluding carboxylic acids is 1. The van der Waals surface area contributed by atoms with Crippen molar-refractivity contribution >= 4 is 17.7 Å². The Morgan fingerprint density at radius 3 is 2.71 bits per heavy atom. The van der Waals surface area contributed by atoms with Gasteiger partial charge in [-0.1, -0.05) is 26.3 Å². The van der Waals surface area contributed by atoms with Crippen molar-refractivity contribution in [3.05, 3.63) is 29.8 Å². The van der Waals surface area contributed by atoms with Crippen molar-refractivity contribution < 1.29 is 14.7 Å². The predicted molar refractivity (Wildman–Crippen MR) is 81.5 cm³/mol. The molecule has 114 valence electrons. The summed E-state index contributed by atoms with van der Waals surface area (Å²) in [7, 11) is 0. The van der Waals surface area contributed by atoms with E-state index in [1.54, 1.807) is 12.1 Å². The van der Waals surface area contributed by atoms with Crippen LogP contribution in [-0.4, -0.2) is 23.1 Å². The molecule has 0 spiro atoms. The molecule has 1 aliphatic rings. The van der Waals surface area contributed by atoms with Gasteiger partial charge in [0.1, 0.15) is 0 Å². The summed E-state index contributed by atoms with van der Waals surface area (Å²) in [6.07, 6.45) is 3.29. The van der Waals surface area contributed by atoms with Gasteiger partial charge in [0.15, 0.2) is 0 Å². The zero-order valence-corrected chi connectivity index (χ0v) is 12.4. The first kappa shape index (κ1) is 15.4. The maximum absolute atomic E-state index is 12.0. The molecule has 2 amide bonds. The molecule has 1 aromatic rings. The van der Waals surface area contributed by atoms with Crippen LogP contribution < -0.4 is 10.6 Å². The lowest BCUT2D eigenvalue weighted by atomic mass is 9.94. The molecule has 5 nitrogen and oxygen atoms in total. The van der Waals surface area contributed by atoms with Gasteiger partial charge >= 0.3 is 12.0 Å². The van der Waals surface area contributed by atoms with E-state index in [2.05, 4.69) is 24.5 Å². The van der Waals surface area contributed by atoms with Crippen LogP contribution in [0.2, 0.25) is 0 Å². The highest BCUT2D eigenvalue weighted by Crippen LogP contribution is 2.33. The van der Waals surface area contributed by atoms with E-state index in [0.717, 1.165) is 19.3 Å². The minimum atomic E-state index is -1.01. The quantitative estimate of drug-likeness (QED) is 0.796. The largest absolute Gasteiger partial charge is 0.478 e. The summed E-state index contributed by atoms with van der Waals surface area (Å²) in [5.74, 6) is 0.144. The molecule has 3 N–H and O–H groups in total. The second kappa shape index (κ2) is 6.61. The third kappa shape index (κ3) is 3.74. The van der Waals surface area contributed by atoms with Crippen LogP contribution in [0.15, 0.2) is 24.3 Å². The van der Waals surface area contributed by atoms with Crippen LogP contribution in [0, 0.1) is 11.8 Å². The monoisotopic (exact) mass is 290 g/mol. The number of nitrogens with one attached hydrogen (secondary N) is 2. The lowest BCUT2D eigenvalue weighted by molar-refractivity contribution is 0.0697. The molecule has 1 aliphatic carbocycles. The fraction of sp³-hybridized carbons (Fsp3) is 0.500. The van der Waals surface area contributed by atoms with E-state index in [-0.39, 0.29) is 17.6 Å². The smallest absolute Gasteiger partial charge is 0.335 e. The average molecular weight is 290 g/mol. The van der Waals surface area contributed by atoms with Crippen molar-refractivity contribution in [1.29, 1.82) is 0 Å². The number of hydrogen-bond donors (Lipinski definition) is 3. The van der Waals surface area contributed by atoms with E-state index in [0.29, 0.717) is 17.5 Å². The minimum absolute atomic E-state index is 0.160. The molecule has 1 saturated carbocycles. The van der Waals surface area contributed by atoms with E-state index in [1.165, 1.54) is 12.1 Å². The van der Waals surface area contributed by atoms with Crippen molar-refractivity contribution in [3.8, 4) is 0 Å². The van der Waals surface area contributed by atoms with Gasteiger partial charge in [-0.3, -0.25) is 0 Å². The highest BCUT2D eigenvalue weighted by molar-refractivity contribution is 5.93. The van der Waals surface area contributed by atoms with E-state index >= 15 is 0 Å². The molecule has 0 radical (unpaired) electrons. The molecule has 3 atom stereocenters. The second-order valence-corrected chi connectivity index (χ2v) is 5.70. The number of carbonyl (C=O) groups is 2. The second-order valence-electron chi connectivity index (χ2n) is 5.70. The molecule has 2 rings (SSSR count). The lowest BCUT2D eigenvalue weighted by Gasteiger charge is -2.21. The zero-order chi connectivity index (χ0) is 15.4. The Morgan fingerprint density at radius 2 is 2.10 bits per heavy atom. The summed E-state index contributed by atoms with van der Waals surface area (Å²) in [4.78, 5) is 22.9. The van der Waals surface area contributed by atoms with E-state index in [4.69, 9.17) is 5.11 Å². The maximum atomic E-state index is 12.0. The normalized spacial score (nSPS) is 24.6. The number of benzene rings is 1. The first-order valence-electron chi connectivity index (χ1n) is 7.42. The number of amides is 2. The fourth-order valence-electron chi connectivity index (χ4n) is 3.09. The van der Waals surface area contributed by atoms with Crippen molar-refractivity contribution in [2.45, 2.75) is 39.2 Å². The number of aromatic carboxylic acids is 1. The number of anilines is 1. The Labute approximate surface area is 124 Å². The number of carboxylic acids is 1. The van der Waals surface area contributed by atoms with Gasteiger partial charge in [-0.15, -0.1) is 0 Å². The van der Waals surface area contributed by atoms with Crippen molar-refractivity contribution in [3.63, 3.8) is 0 Å². The zero-order valence-electron chi connectivity index (χ0n) is 12.4. The summed E-state index contributed by atoms with van der Waals surface area (Å²) in [6, 6.07) is 6.16. The van der Waals surface area contributed by atoms with Gasteiger partial charge in [-0.2, -0.15) is 0 Å². The molecular formula is C16H22N2O3. The Balaban J connectivity index is 1.93. The summed E-state index contributed by atoms with van der Waals surface area (Å²) in [5.41, 5.74) is 0.651. The number of rotatable bonds is 4. The predicted octanol–water partition coefficient (Wildman–Crippen LogP) is 3.33. The molecule has 0 saturated heterocycles. The van der Waals surface area contributed by atoms with Crippen LogP contribution in [0.25, 0.3) is 0 Å². The first-order chi connectivity index (χ1) is 10.0. The highest BCUT2D eigenvalue weighted by atomic mass is 16.4. The average Bonchev–Trinajstić information content (AvgIpc) is 2.79. The standard InChI is InChI=1S/C16H22N2O3/c1-3-11-7-8-14(10(11)2)18-16(21)17-13-6-4-5-12(9-13)15(19)20/h4-6,9-11,14H,3,7-8H2,1-2H3,(H,19,20)(H2,17,18,21). The third-order valence-corrected chi connectivity index (χ3v) is 4.43. The van der Waals surface area contributed by atoms with Crippen molar-refractivity contribution in [2.75, 3.05) is 5.32 Å². The first-order valence-corrected chi connectivity index (χ1v) is 7.42. The Bertz CT molecular complexity index is 530. The van der Waals surface area contributed by atoms with Crippen molar-refractivity contribution in [2.24, 2.45) is 11.8 Å². The van der Waals surface area contributed by atoms with Gasteiger partial charge < -0.3 is 15.7 Å². The van der Waals surface area contributed by atoms with Gasteiger partial charge in [-0.05, 0) is 42.9 Å². The third-order valence-electron chi connectivity index (χ3n) is 4.43. The molecule has 1 aromatic carbocycles. The number of carboxylic acid groups (broad SMARTS) is 1. The van der Waals surface area contributed by atoms with Gasteiger partial charge in [0, 0.05) is 11.7 Å². The Hall–Kier alpha value is -2.04. The summed E-state index contributed by atoms with van der Waals surface area (Å²) >= 11 is 0. The van der Waals surface area contributed by atoms with E-state index in [9.17, 15) is 9.59 Å². The summed E-state index contributed by atoms with van der Waals surface area (Å²) in [6.45, 7) is 4.36. The number of urea groups is 1. The van der Waals surface area contributed by atoms with Gasteiger partial charge in [0.25, 0.3) is 0 Å². The molecule has 1 fully saturated rings. The SMILES string of the molecule is CCC1CCC(NC(=O)Nc2cccc(C(=O)O)c2)C1C. The van der Waals surface area contributed by atoms with Crippen LogP contribution >= 0.6 is 0 Å². The molecule has 0 aliphatic heterocycles. The molecule has 21 heavy (non-hydrogen) atoms. The maximum Gasteiger partial charge on any atom is 0.335 e. The summed E-state index contributed by atoms with van der Waals surface area (Å²) in [5, 5.41) is 14.6. The molecule has 0 heterocycles. The molecule has 3 unspecified atom stereocenters. The van der Waals surface area contributed by atoms with Crippen LogP contribution in [-0.2, 0) is 0 Å². The Morgan fingerprint density at radius 1 is 1.33 bits per heavy atom. The number of hydrogen-bond acceptors (Lipinski definition) is 2. The van der Waals surface area contributed by atoms with Crippen molar-refractivity contribution in [1.82, 2.24) is 5.32 Å². The van der Waals surface area contributed by atoms with Crippen LogP contribution in [0.1, 0.15) is 43.5 Å². The van der Waals surface area contributed by atoms with Crippen LogP contribution in [0.5, 0.6) is 0 Å². The summed E-state index contributed by atoms with van der Waals surface area (Å²) < 4.78 is 0. The van der Waals surface area contributed by atoms with Crippen LogP contribution in [0.4, 0.5) is 10.5 Å². The topological polar surface area (TPSA) is 78.4 Å². The van der Waals surface area contributed by atoms with Gasteiger partial charge in [0.2, 0.25) is 0 Å². The van der Waals surface area contributed by atoms with E-state index in [1.807, 2.05) is 0 Å². The Kier molecular flexibility index (Phi) is 4.83. The molecule has 0 bridgehead atoms. The highest BCUT2D eigenvalue weighted by Gasteiger charge is 2.32. The van der Waals surface area contributed by atoms with E-state index < -0.39 is 5.97 Å². The molecule has 5 heteroatoms. The lowest BCUT2D eigenvalue weighted by Crippen LogP contribution is -2.40. The van der Waals surface area contributed by atoms with Gasteiger partial charge in [-0.25, -0.2) is 9.59 Å².